The molecule has 6 heteroatoms. The fraction of sp³-hybridized carbons (Fsp3) is 0.261. The number of urea groups is 1. The molecule has 0 spiro atoms. The molecule has 0 aliphatic carbocycles. The van der Waals surface area contributed by atoms with Crippen LogP contribution in [0.1, 0.15) is 22.9 Å². The summed E-state index contributed by atoms with van der Waals surface area (Å²) in [7, 11) is 3.28. The summed E-state index contributed by atoms with van der Waals surface area (Å²) in [6.07, 6.45) is 2.05. The van der Waals surface area contributed by atoms with Crippen LogP contribution in [0.2, 0.25) is 0 Å². The van der Waals surface area contributed by atoms with Gasteiger partial charge in [0.15, 0.2) is 0 Å². The molecule has 4 rings (SSSR count). The van der Waals surface area contributed by atoms with E-state index in [1.54, 1.807) is 14.2 Å². The van der Waals surface area contributed by atoms with Crippen LogP contribution in [0.4, 0.5) is 10.5 Å². The highest BCUT2D eigenvalue weighted by Gasteiger charge is 2.34. The molecule has 0 unspecified atom stereocenters. The van der Waals surface area contributed by atoms with E-state index in [1.807, 2.05) is 66.6 Å². The van der Waals surface area contributed by atoms with Gasteiger partial charge in [-0.1, -0.05) is 17.7 Å². The summed E-state index contributed by atoms with van der Waals surface area (Å²) in [6, 6.07) is 17.1. The van der Waals surface area contributed by atoms with E-state index in [0.717, 1.165) is 40.6 Å². The minimum atomic E-state index is -0.283. The molecule has 0 fully saturated rings. The molecule has 2 heterocycles. The Hall–Kier alpha value is -3.41. The quantitative estimate of drug-likeness (QED) is 0.715. The molecular weight excluding hydrogens is 366 g/mol. The molecule has 6 nitrogen and oxygen atoms in total. The molecule has 1 aliphatic heterocycles. The average molecular weight is 391 g/mol. The van der Waals surface area contributed by atoms with E-state index in [0.29, 0.717) is 6.54 Å². The standard InChI is InChI=1S/C23H25N3O3/c1-16-6-8-17(9-7-16)24-23(27)26-14-13-25-12-4-5-20(25)22(26)19-15-18(28-2)10-11-21(19)29-3/h4-12,15,22H,13-14H2,1-3H3,(H,24,27)/t22-/m1/s1. The zero-order chi connectivity index (χ0) is 20.4. The SMILES string of the molecule is COc1ccc(OC)c([C@@H]2c3cccn3CCN2C(=O)Nc2ccc(C)cc2)c1. The van der Waals surface area contributed by atoms with Gasteiger partial charge in [-0.3, -0.25) is 0 Å². The van der Waals surface area contributed by atoms with E-state index in [-0.39, 0.29) is 12.1 Å². The number of aromatic nitrogens is 1. The normalized spacial score (nSPS) is 15.6. The van der Waals surface area contributed by atoms with Gasteiger partial charge in [-0.15, -0.1) is 0 Å². The molecule has 0 bridgehead atoms. The van der Waals surface area contributed by atoms with Crippen molar-refractivity contribution in [2.24, 2.45) is 0 Å². The van der Waals surface area contributed by atoms with Gasteiger partial charge >= 0.3 is 6.03 Å². The largest absolute Gasteiger partial charge is 0.497 e. The smallest absolute Gasteiger partial charge is 0.322 e. The molecule has 0 saturated carbocycles. The first kappa shape index (κ1) is 18.9. The van der Waals surface area contributed by atoms with Crippen LogP contribution in [-0.4, -0.2) is 36.3 Å². The second-order valence-corrected chi connectivity index (χ2v) is 7.13. The number of fused-ring (bicyclic) bond motifs is 1. The summed E-state index contributed by atoms with van der Waals surface area (Å²) < 4.78 is 13.2. The summed E-state index contributed by atoms with van der Waals surface area (Å²) in [4.78, 5) is 15.1. The zero-order valence-corrected chi connectivity index (χ0v) is 16.9. The van der Waals surface area contributed by atoms with Crippen LogP contribution in [0, 0.1) is 6.92 Å². The third kappa shape index (κ3) is 3.66. The number of carbonyl (C=O) groups excluding carboxylic acids is 1. The van der Waals surface area contributed by atoms with Crippen molar-refractivity contribution in [3.63, 3.8) is 0 Å². The van der Waals surface area contributed by atoms with Crippen molar-refractivity contribution >= 4 is 11.7 Å². The lowest BCUT2D eigenvalue weighted by molar-refractivity contribution is 0.180. The number of aryl methyl sites for hydroxylation is 1. The van der Waals surface area contributed by atoms with Crippen LogP contribution in [0.3, 0.4) is 0 Å². The van der Waals surface area contributed by atoms with Gasteiger partial charge in [0.05, 0.1) is 14.2 Å². The number of hydrogen-bond acceptors (Lipinski definition) is 3. The van der Waals surface area contributed by atoms with Crippen LogP contribution in [0.15, 0.2) is 60.8 Å². The first-order valence-corrected chi connectivity index (χ1v) is 9.62. The Balaban J connectivity index is 1.73. The van der Waals surface area contributed by atoms with Crippen molar-refractivity contribution in [1.29, 1.82) is 0 Å². The topological polar surface area (TPSA) is 55.7 Å². The summed E-state index contributed by atoms with van der Waals surface area (Å²) in [6.45, 7) is 3.35. The third-order valence-corrected chi connectivity index (χ3v) is 5.33. The lowest BCUT2D eigenvalue weighted by atomic mass is 9.98. The first-order valence-electron chi connectivity index (χ1n) is 9.62. The van der Waals surface area contributed by atoms with Crippen molar-refractivity contribution in [3.8, 4) is 11.5 Å². The molecule has 29 heavy (non-hydrogen) atoms. The van der Waals surface area contributed by atoms with Gasteiger partial charge in [-0.05, 0) is 49.4 Å². The molecule has 1 N–H and O–H groups in total. The highest BCUT2D eigenvalue weighted by molar-refractivity contribution is 5.90. The number of methoxy groups -OCH3 is 2. The number of carbonyl (C=O) groups is 1. The number of rotatable bonds is 4. The zero-order valence-electron chi connectivity index (χ0n) is 16.9. The Morgan fingerprint density at radius 3 is 2.55 bits per heavy atom. The number of benzene rings is 2. The van der Waals surface area contributed by atoms with Crippen LogP contribution >= 0.6 is 0 Å². The van der Waals surface area contributed by atoms with Crippen molar-refractivity contribution in [2.45, 2.75) is 19.5 Å². The van der Waals surface area contributed by atoms with E-state index in [9.17, 15) is 4.79 Å². The monoisotopic (exact) mass is 391 g/mol. The molecule has 1 aliphatic rings. The lowest BCUT2D eigenvalue weighted by Crippen LogP contribution is -2.44. The van der Waals surface area contributed by atoms with Crippen LogP contribution in [-0.2, 0) is 6.54 Å². The van der Waals surface area contributed by atoms with Gasteiger partial charge in [0.1, 0.15) is 17.5 Å². The van der Waals surface area contributed by atoms with Crippen LogP contribution in [0.5, 0.6) is 11.5 Å². The van der Waals surface area contributed by atoms with E-state index in [1.165, 1.54) is 0 Å². The van der Waals surface area contributed by atoms with E-state index < -0.39 is 0 Å². The van der Waals surface area contributed by atoms with E-state index in [2.05, 4.69) is 16.0 Å². The highest BCUT2D eigenvalue weighted by Crippen LogP contribution is 2.39. The third-order valence-electron chi connectivity index (χ3n) is 5.33. The first-order chi connectivity index (χ1) is 14.1. The molecule has 3 aromatic rings. The van der Waals surface area contributed by atoms with E-state index >= 15 is 0 Å². The van der Waals surface area contributed by atoms with Crippen molar-refractivity contribution in [2.75, 3.05) is 26.1 Å². The second kappa shape index (κ2) is 7.91. The predicted molar refractivity (Wildman–Crippen MR) is 113 cm³/mol. The maximum absolute atomic E-state index is 13.3. The maximum Gasteiger partial charge on any atom is 0.322 e. The fourth-order valence-electron chi connectivity index (χ4n) is 3.81. The van der Waals surface area contributed by atoms with Crippen LogP contribution in [0.25, 0.3) is 0 Å². The second-order valence-electron chi connectivity index (χ2n) is 7.13. The Labute approximate surface area is 170 Å². The molecule has 0 saturated heterocycles. The van der Waals surface area contributed by atoms with Gasteiger partial charge < -0.3 is 24.3 Å². The number of anilines is 1. The van der Waals surface area contributed by atoms with Gasteiger partial charge in [0, 0.05) is 36.2 Å². The van der Waals surface area contributed by atoms with Gasteiger partial charge in [0.2, 0.25) is 0 Å². The van der Waals surface area contributed by atoms with Crippen LogP contribution < -0.4 is 14.8 Å². The Morgan fingerprint density at radius 1 is 1.03 bits per heavy atom. The lowest BCUT2D eigenvalue weighted by Gasteiger charge is -2.37. The maximum atomic E-state index is 13.3. The molecule has 2 aromatic carbocycles. The number of amides is 2. The molecule has 0 radical (unpaired) electrons. The summed E-state index contributed by atoms with van der Waals surface area (Å²) in [5.74, 6) is 1.45. The Morgan fingerprint density at radius 2 is 1.83 bits per heavy atom. The molecule has 1 atom stereocenters. The van der Waals surface area contributed by atoms with Gasteiger partial charge in [-0.25, -0.2) is 4.79 Å². The molecule has 2 amide bonds. The van der Waals surface area contributed by atoms with Gasteiger partial charge in [0.25, 0.3) is 0 Å². The highest BCUT2D eigenvalue weighted by atomic mass is 16.5. The minimum absolute atomic E-state index is 0.142. The Bertz CT molecular complexity index is 1010. The fourth-order valence-corrected chi connectivity index (χ4v) is 3.81. The summed E-state index contributed by atoms with van der Waals surface area (Å²) in [5, 5.41) is 3.03. The van der Waals surface area contributed by atoms with Crippen molar-refractivity contribution < 1.29 is 14.3 Å². The molecular formula is C23H25N3O3. The van der Waals surface area contributed by atoms with E-state index in [4.69, 9.17) is 9.47 Å². The van der Waals surface area contributed by atoms with Crippen molar-refractivity contribution in [3.05, 3.63) is 77.6 Å². The number of nitrogens with zero attached hydrogens (tertiary/aromatic N) is 2. The van der Waals surface area contributed by atoms with Gasteiger partial charge in [-0.2, -0.15) is 0 Å². The Kier molecular flexibility index (Phi) is 5.16. The predicted octanol–water partition coefficient (Wildman–Crippen LogP) is 4.45. The molecule has 150 valence electrons. The average Bonchev–Trinajstić information content (AvgIpc) is 3.23. The summed E-state index contributed by atoms with van der Waals surface area (Å²) in [5.41, 5.74) is 3.86. The number of hydrogen-bond donors (Lipinski definition) is 1. The number of nitrogens with one attached hydrogen (secondary N) is 1. The number of ether oxygens (including phenoxy) is 2. The minimum Gasteiger partial charge on any atom is -0.497 e. The summed E-state index contributed by atoms with van der Waals surface area (Å²) >= 11 is 0. The molecule has 1 aromatic heterocycles. The van der Waals surface area contributed by atoms with Crippen molar-refractivity contribution in [1.82, 2.24) is 9.47 Å².